The highest BCUT2D eigenvalue weighted by atomic mass is 35.5. The molecule has 0 aliphatic carbocycles. The first-order chi connectivity index (χ1) is 9.69. The molecule has 0 radical (unpaired) electrons. The van der Waals surface area contributed by atoms with E-state index in [1.165, 1.54) is 6.07 Å². The molecule has 1 aromatic carbocycles. The van der Waals surface area contributed by atoms with E-state index in [0.29, 0.717) is 38.4 Å². The Hall–Kier alpha value is -1.37. The molecule has 0 aromatic heterocycles. The predicted octanol–water partition coefficient (Wildman–Crippen LogP) is 2.77. The highest BCUT2D eigenvalue weighted by Crippen LogP contribution is 2.28. The van der Waals surface area contributed by atoms with Crippen molar-refractivity contribution in [1.82, 2.24) is 0 Å². The van der Waals surface area contributed by atoms with Gasteiger partial charge < -0.3 is 14.2 Å². The van der Waals surface area contributed by atoms with Gasteiger partial charge in [0.2, 0.25) is 0 Å². The summed E-state index contributed by atoms with van der Waals surface area (Å²) in [6, 6.07) is 4.71. The maximum absolute atomic E-state index is 10.9. The second-order valence-electron chi connectivity index (χ2n) is 4.00. The molecule has 1 rings (SSSR count). The van der Waals surface area contributed by atoms with E-state index >= 15 is 0 Å². The van der Waals surface area contributed by atoms with Gasteiger partial charge in [0, 0.05) is 32.1 Å². The zero-order valence-corrected chi connectivity index (χ0v) is 12.1. The number of halogens is 1. The summed E-state index contributed by atoms with van der Waals surface area (Å²) < 4.78 is 15.5. The number of alkyl halides is 1. The molecular formula is C13H18ClNO5. The lowest BCUT2D eigenvalue weighted by atomic mass is 10.2. The molecule has 0 heterocycles. The number of methoxy groups -OCH3 is 1. The molecule has 0 bridgehead atoms. The summed E-state index contributed by atoms with van der Waals surface area (Å²) in [5, 5.41) is 10.9. The van der Waals surface area contributed by atoms with Gasteiger partial charge >= 0.3 is 5.69 Å². The molecule has 6 nitrogen and oxygen atoms in total. The lowest BCUT2D eigenvalue weighted by Gasteiger charge is -2.08. The number of rotatable bonds is 10. The zero-order valence-electron chi connectivity index (χ0n) is 11.3. The van der Waals surface area contributed by atoms with E-state index in [2.05, 4.69) is 0 Å². The van der Waals surface area contributed by atoms with Crippen molar-refractivity contribution in [3.8, 4) is 5.75 Å². The van der Waals surface area contributed by atoms with Crippen LogP contribution in [0.25, 0.3) is 0 Å². The minimum atomic E-state index is -0.472. The van der Waals surface area contributed by atoms with E-state index in [0.717, 1.165) is 0 Å². The Morgan fingerprint density at radius 3 is 2.70 bits per heavy atom. The number of nitro benzene ring substituents is 1. The van der Waals surface area contributed by atoms with E-state index in [-0.39, 0.29) is 17.3 Å². The van der Waals surface area contributed by atoms with E-state index in [9.17, 15) is 10.1 Å². The largest absolute Gasteiger partial charge is 0.487 e. The van der Waals surface area contributed by atoms with Crippen molar-refractivity contribution in [2.45, 2.75) is 12.3 Å². The molecule has 0 N–H and O–H groups in total. The topological polar surface area (TPSA) is 70.8 Å². The van der Waals surface area contributed by atoms with Crippen LogP contribution in [0.15, 0.2) is 18.2 Å². The lowest BCUT2D eigenvalue weighted by molar-refractivity contribution is -0.385. The number of hydrogen-bond donors (Lipinski definition) is 0. The third-order valence-corrected chi connectivity index (χ3v) is 2.81. The fourth-order valence-corrected chi connectivity index (χ4v) is 1.66. The average Bonchev–Trinajstić information content (AvgIpc) is 2.46. The van der Waals surface area contributed by atoms with Crippen LogP contribution in [0.5, 0.6) is 5.75 Å². The summed E-state index contributed by atoms with van der Waals surface area (Å²) in [5.41, 5.74) is 0.622. The third-order valence-electron chi connectivity index (χ3n) is 2.50. The van der Waals surface area contributed by atoms with Gasteiger partial charge in [-0.05, 0) is 11.6 Å². The molecule has 0 atom stereocenters. The minimum Gasteiger partial charge on any atom is -0.487 e. The minimum absolute atomic E-state index is 0.0662. The van der Waals surface area contributed by atoms with Crippen LogP contribution in [-0.4, -0.2) is 38.5 Å². The molecule has 7 heteroatoms. The fraction of sp³-hybridized carbons (Fsp3) is 0.538. The molecule has 0 amide bonds. The van der Waals surface area contributed by atoms with Crippen LogP contribution < -0.4 is 4.74 Å². The van der Waals surface area contributed by atoms with Gasteiger partial charge in [0.1, 0.15) is 0 Å². The number of ether oxygens (including phenoxy) is 3. The molecule has 0 unspecified atom stereocenters. The first-order valence-corrected chi connectivity index (χ1v) is 6.75. The molecule has 0 spiro atoms. The van der Waals surface area contributed by atoms with Crippen LogP contribution in [-0.2, 0) is 15.4 Å². The van der Waals surface area contributed by atoms with Gasteiger partial charge in [0.05, 0.1) is 24.7 Å². The normalized spacial score (nSPS) is 10.5. The summed E-state index contributed by atoms with van der Waals surface area (Å²) in [6.45, 7) is 1.96. The van der Waals surface area contributed by atoms with Gasteiger partial charge in [-0.2, -0.15) is 0 Å². The van der Waals surface area contributed by atoms with Gasteiger partial charge in [-0.15, -0.1) is 11.6 Å². The van der Waals surface area contributed by atoms with Gasteiger partial charge in [-0.1, -0.05) is 6.07 Å². The maximum atomic E-state index is 10.9. The Morgan fingerprint density at radius 1 is 1.25 bits per heavy atom. The Morgan fingerprint density at radius 2 is 2.05 bits per heavy atom. The maximum Gasteiger partial charge on any atom is 0.311 e. The van der Waals surface area contributed by atoms with E-state index in [1.807, 2.05) is 0 Å². The van der Waals surface area contributed by atoms with Crippen molar-refractivity contribution in [3.63, 3.8) is 0 Å². The zero-order chi connectivity index (χ0) is 14.8. The highest BCUT2D eigenvalue weighted by Gasteiger charge is 2.15. The van der Waals surface area contributed by atoms with Crippen LogP contribution in [0.1, 0.15) is 12.0 Å². The predicted molar refractivity (Wildman–Crippen MR) is 75.5 cm³/mol. The standard InChI is InChI=1S/C13H18ClNO5/c1-18-7-8-19-5-2-6-20-13-4-3-11(10-14)9-12(13)15(16)17/h3-4,9H,2,5-8,10H2,1H3. The van der Waals surface area contributed by atoms with Gasteiger partial charge in [0.15, 0.2) is 5.75 Å². The van der Waals surface area contributed by atoms with Gasteiger partial charge in [-0.3, -0.25) is 10.1 Å². The van der Waals surface area contributed by atoms with Crippen molar-refractivity contribution in [2.75, 3.05) is 33.5 Å². The second kappa shape index (κ2) is 9.52. The van der Waals surface area contributed by atoms with E-state index < -0.39 is 4.92 Å². The summed E-state index contributed by atoms with van der Waals surface area (Å²) >= 11 is 5.65. The van der Waals surface area contributed by atoms with Crippen LogP contribution in [0.2, 0.25) is 0 Å². The van der Waals surface area contributed by atoms with E-state index in [4.69, 9.17) is 25.8 Å². The van der Waals surface area contributed by atoms with Crippen LogP contribution in [0.4, 0.5) is 5.69 Å². The first kappa shape index (κ1) is 16.7. The molecular weight excluding hydrogens is 286 g/mol. The summed E-state index contributed by atoms with van der Waals surface area (Å²) in [4.78, 5) is 10.5. The Bertz CT molecular complexity index is 427. The van der Waals surface area contributed by atoms with Crippen molar-refractivity contribution in [1.29, 1.82) is 0 Å². The molecule has 0 fully saturated rings. The molecule has 0 aliphatic rings. The molecule has 0 saturated carbocycles. The lowest BCUT2D eigenvalue weighted by Crippen LogP contribution is -2.07. The molecule has 1 aromatic rings. The molecule has 0 saturated heterocycles. The fourth-order valence-electron chi connectivity index (χ4n) is 1.50. The van der Waals surface area contributed by atoms with Crippen LogP contribution in [0.3, 0.4) is 0 Å². The summed E-state index contributed by atoms with van der Waals surface area (Å²) in [6.07, 6.45) is 0.651. The monoisotopic (exact) mass is 303 g/mol. The van der Waals surface area contributed by atoms with E-state index in [1.54, 1.807) is 19.2 Å². The molecule has 112 valence electrons. The van der Waals surface area contributed by atoms with Crippen LogP contribution >= 0.6 is 11.6 Å². The van der Waals surface area contributed by atoms with Crippen LogP contribution in [0, 0.1) is 10.1 Å². The Kier molecular flexibility index (Phi) is 7.94. The number of benzene rings is 1. The van der Waals surface area contributed by atoms with Gasteiger partial charge in [0.25, 0.3) is 0 Å². The number of hydrogen-bond acceptors (Lipinski definition) is 5. The number of nitro groups is 1. The van der Waals surface area contributed by atoms with Crippen molar-refractivity contribution < 1.29 is 19.1 Å². The molecule has 0 aliphatic heterocycles. The quantitative estimate of drug-likeness (QED) is 0.288. The van der Waals surface area contributed by atoms with Crippen molar-refractivity contribution >= 4 is 17.3 Å². The highest BCUT2D eigenvalue weighted by molar-refractivity contribution is 6.17. The first-order valence-electron chi connectivity index (χ1n) is 6.21. The molecule has 20 heavy (non-hydrogen) atoms. The Balaban J connectivity index is 2.41. The second-order valence-corrected chi connectivity index (χ2v) is 4.27. The van der Waals surface area contributed by atoms with Crippen molar-refractivity contribution in [3.05, 3.63) is 33.9 Å². The SMILES string of the molecule is COCCOCCCOc1ccc(CCl)cc1[N+](=O)[O-]. The van der Waals surface area contributed by atoms with Crippen molar-refractivity contribution in [2.24, 2.45) is 0 Å². The Labute approximate surface area is 122 Å². The summed E-state index contributed by atoms with van der Waals surface area (Å²) in [7, 11) is 1.61. The van der Waals surface area contributed by atoms with Gasteiger partial charge in [-0.25, -0.2) is 0 Å². The summed E-state index contributed by atoms with van der Waals surface area (Å²) in [5.74, 6) is 0.481. The average molecular weight is 304 g/mol. The number of nitrogens with zero attached hydrogens (tertiary/aromatic N) is 1. The smallest absolute Gasteiger partial charge is 0.311 e. The third kappa shape index (κ3) is 5.73.